The molecule has 0 unspecified atom stereocenters. The maximum absolute atomic E-state index is 13.8. The Kier molecular flexibility index (Phi) is 6.91. The highest BCUT2D eigenvalue weighted by atomic mass is 35.5. The van der Waals surface area contributed by atoms with Gasteiger partial charge in [0, 0.05) is 11.1 Å². The molecule has 0 N–H and O–H groups in total. The summed E-state index contributed by atoms with van der Waals surface area (Å²) in [5.41, 5.74) is 1.54. The number of rotatable bonds is 6. The van der Waals surface area contributed by atoms with Crippen LogP contribution in [0.25, 0.3) is 0 Å². The lowest BCUT2D eigenvalue weighted by molar-refractivity contribution is -0.156. The summed E-state index contributed by atoms with van der Waals surface area (Å²) >= 11 is 12.2. The first kappa shape index (κ1) is 24.2. The fourth-order valence-electron chi connectivity index (χ4n) is 4.63. The van der Waals surface area contributed by atoms with Crippen molar-refractivity contribution in [3.63, 3.8) is 0 Å². The van der Waals surface area contributed by atoms with Gasteiger partial charge in [-0.25, -0.2) is 5.01 Å². The average Bonchev–Trinajstić information content (AvgIpc) is 3.08. The van der Waals surface area contributed by atoms with Crippen LogP contribution in [0.4, 0.5) is 0 Å². The van der Waals surface area contributed by atoms with E-state index in [0.29, 0.717) is 18.4 Å². The third kappa shape index (κ3) is 4.28. The molecule has 1 aliphatic carbocycles. The summed E-state index contributed by atoms with van der Waals surface area (Å²) in [5.74, 6) is -3.06. The van der Waals surface area contributed by atoms with Gasteiger partial charge in [0.15, 0.2) is 5.78 Å². The van der Waals surface area contributed by atoms with Crippen LogP contribution in [0.5, 0.6) is 0 Å². The lowest BCUT2D eigenvalue weighted by Gasteiger charge is -2.36. The number of allylic oxidation sites excluding steroid dienone is 2. The lowest BCUT2D eigenvalue weighted by atomic mass is 9.82. The molecule has 3 amide bonds. The van der Waals surface area contributed by atoms with Crippen LogP contribution < -0.4 is 0 Å². The Morgan fingerprint density at radius 3 is 2.32 bits per heavy atom. The lowest BCUT2D eigenvalue weighted by Crippen LogP contribution is -2.57. The van der Waals surface area contributed by atoms with Crippen molar-refractivity contribution >= 4 is 46.7 Å². The van der Waals surface area contributed by atoms with Gasteiger partial charge in [-0.2, -0.15) is 5.01 Å². The van der Waals surface area contributed by atoms with Crippen LogP contribution >= 0.6 is 23.2 Å². The minimum absolute atomic E-state index is 0.124. The van der Waals surface area contributed by atoms with Crippen LogP contribution in [0.1, 0.15) is 53.8 Å². The Bertz CT molecular complexity index is 1190. The number of carbonyl (C=O) groups is 4. The number of halogens is 2. The minimum Gasteiger partial charge on any atom is -0.292 e. The Balaban J connectivity index is 1.80. The summed E-state index contributed by atoms with van der Waals surface area (Å²) in [6.07, 6.45) is 3.03. The van der Waals surface area contributed by atoms with E-state index in [1.54, 1.807) is 37.3 Å². The van der Waals surface area contributed by atoms with Crippen LogP contribution in [0.3, 0.4) is 0 Å². The number of fused-ring (bicyclic) bond motifs is 1. The average molecular weight is 499 g/mol. The minimum atomic E-state index is -1.06. The van der Waals surface area contributed by atoms with Crippen molar-refractivity contribution in [3.8, 4) is 0 Å². The Labute approximate surface area is 208 Å². The van der Waals surface area contributed by atoms with Crippen LogP contribution in [-0.4, -0.2) is 39.6 Å². The van der Waals surface area contributed by atoms with E-state index in [1.807, 2.05) is 13.0 Å². The highest BCUT2D eigenvalue weighted by Gasteiger charge is 2.53. The Morgan fingerprint density at radius 1 is 1.00 bits per heavy atom. The van der Waals surface area contributed by atoms with Crippen molar-refractivity contribution in [2.75, 3.05) is 0 Å². The first-order valence-electron chi connectivity index (χ1n) is 11.2. The highest BCUT2D eigenvalue weighted by Crippen LogP contribution is 2.39. The van der Waals surface area contributed by atoms with Crippen LogP contribution in [0, 0.1) is 11.8 Å². The van der Waals surface area contributed by atoms with Crippen molar-refractivity contribution in [2.24, 2.45) is 11.8 Å². The van der Waals surface area contributed by atoms with Gasteiger partial charge in [-0.1, -0.05) is 72.1 Å². The van der Waals surface area contributed by atoms with Gasteiger partial charge in [0.2, 0.25) is 0 Å². The molecule has 4 rings (SSSR count). The molecule has 0 saturated carbocycles. The van der Waals surface area contributed by atoms with E-state index in [-0.39, 0.29) is 27.8 Å². The maximum Gasteiger partial charge on any atom is 0.273 e. The molecular weight excluding hydrogens is 475 g/mol. The SMILES string of the molecule is CC[C@H](C(=O)c1ccccc1)N(C(=O)c1ccc(Cl)c(Cl)c1)N1C(=O)[C@H]2CC=C(C)C[C@@H]2C1=O. The summed E-state index contributed by atoms with van der Waals surface area (Å²) in [6.45, 7) is 3.66. The van der Waals surface area contributed by atoms with E-state index in [4.69, 9.17) is 23.2 Å². The number of amides is 3. The molecule has 0 bridgehead atoms. The number of benzene rings is 2. The summed E-state index contributed by atoms with van der Waals surface area (Å²) < 4.78 is 0. The monoisotopic (exact) mass is 498 g/mol. The van der Waals surface area contributed by atoms with Crippen LogP contribution in [-0.2, 0) is 9.59 Å². The number of ketones is 1. The molecule has 0 spiro atoms. The van der Waals surface area contributed by atoms with E-state index < -0.39 is 35.6 Å². The molecule has 0 aromatic heterocycles. The van der Waals surface area contributed by atoms with Crippen LogP contribution in [0.2, 0.25) is 10.0 Å². The molecule has 0 radical (unpaired) electrons. The van der Waals surface area contributed by atoms with Crippen molar-refractivity contribution < 1.29 is 19.2 Å². The summed E-state index contributed by atoms with van der Waals surface area (Å²) in [4.78, 5) is 54.3. The van der Waals surface area contributed by atoms with E-state index in [2.05, 4.69) is 0 Å². The van der Waals surface area contributed by atoms with Gasteiger partial charge in [-0.05, 0) is 44.4 Å². The van der Waals surface area contributed by atoms with Gasteiger partial charge in [0.25, 0.3) is 17.7 Å². The number of hydrogen-bond acceptors (Lipinski definition) is 4. The molecule has 1 aliphatic heterocycles. The van der Waals surface area contributed by atoms with Crippen LogP contribution in [0.15, 0.2) is 60.2 Å². The molecule has 1 saturated heterocycles. The number of hydrogen-bond donors (Lipinski definition) is 0. The molecule has 2 aromatic rings. The largest absolute Gasteiger partial charge is 0.292 e. The number of imide groups is 1. The second kappa shape index (κ2) is 9.72. The molecule has 3 atom stereocenters. The third-order valence-corrected chi connectivity index (χ3v) is 7.17. The van der Waals surface area contributed by atoms with E-state index in [0.717, 1.165) is 15.6 Å². The zero-order valence-electron chi connectivity index (χ0n) is 18.8. The van der Waals surface area contributed by atoms with Gasteiger partial charge < -0.3 is 0 Å². The quantitative estimate of drug-likeness (QED) is 0.305. The summed E-state index contributed by atoms with van der Waals surface area (Å²) in [6, 6.07) is 11.8. The third-order valence-electron chi connectivity index (χ3n) is 6.43. The first-order valence-corrected chi connectivity index (χ1v) is 11.9. The van der Waals surface area contributed by atoms with E-state index >= 15 is 0 Å². The van der Waals surface area contributed by atoms with E-state index in [9.17, 15) is 19.2 Å². The smallest absolute Gasteiger partial charge is 0.273 e. The van der Waals surface area contributed by atoms with Gasteiger partial charge in [-0.3, -0.25) is 19.2 Å². The predicted molar refractivity (Wildman–Crippen MR) is 129 cm³/mol. The molecule has 176 valence electrons. The second-order valence-corrected chi connectivity index (χ2v) is 9.44. The molecule has 1 fully saturated rings. The topological polar surface area (TPSA) is 74.8 Å². The van der Waals surface area contributed by atoms with Crippen molar-refractivity contribution in [1.29, 1.82) is 0 Å². The molecule has 34 heavy (non-hydrogen) atoms. The van der Waals surface area contributed by atoms with Gasteiger partial charge >= 0.3 is 0 Å². The Morgan fingerprint density at radius 2 is 1.68 bits per heavy atom. The first-order chi connectivity index (χ1) is 16.2. The number of hydrazine groups is 1. The normalized spacial score (nSPS) is 20.6. The zero-order chi connectivity index (χ0) is 24.6. The second-order valence-electron chi connectivity index (χ2n) is 8.62. The maximum atomic E-state index is 13.8. The van der Waals surface area contributed by atoms with Gasteiger partial charge in [0.05, 0.1) is 21.9 Å². The predicted octanol–water partition coefficient (Wildman–Crippen LogP) is 5.35. The Hall–Kier alpha value is -2.96. The fourth-order valence-corrected chi connectivity index (χ4v) is 4.93. The van der Waals surface area contributed by atoms with Gasteiger partial charge in [-0.15, -0.1) is 0 Å². The summed E-state index contributed by atoms with van der Waals surface area (Å²) in [7, 11) is 0. The van der Waals surface area contributed by atoms with Crippen molar-refractivity contribution in [1.82, 2.24) is 10.0 Å². The standard InChI is InChI=1S/C26H24Cl2N2O4/c1-3-22(23(31)16-7-5-4-6-8-16)29(24(32)17-10-12-20(27)21(28)14-17)30-25(33)18-11-9-15(2)13-19(18)26(30)34/h4-10,12,14,18-19,22H,3,11,13H2,1-2H3/t18-,19-,22+/m0/s1. The molecular formula is C26H24Cl2N2O4. The highest BCUT2D eigenvalue weighted by molar-refractivity contribution is 6.42. The molecule has 2 aromatic carbocycles. The fraction of sp³-hybridized carbons (Fsp3) is 0.308. The number of nitrogens with zero attached hydrogens (tertiary/aromatic N) is 2. The van der Waals surface area contributed by atoms with Gasteiger partial charge in [0.1, 0.15) is 6.04 Å². The molecule has 6 nitrogen and oxygen atoms in total. The molecule has 2 aliphatic rings. The van der Waals surface area contributed by atoms with Crippen molar-refractivity contribution in [3.05, 3.63) is 81.4 Å². The van der Waals surface area contributed by atoms with E-state index in [1.165, 1.54) is 18.2 Å². The number of carbonyl (C=O) groups excluding carboxylic acids is 4. The molecule has 1 heterocycles. The molecule has 8 heteroatoms. The summed E-state index contributed by atoms with van der Waals surface area (Å²) in [5, 5.41) is 2.36. The van der Waals surface area contributed by atoms with Crippen molar-refractivity contribution in [2.45, 2.75) is 39.2 Å². The zero-order valence-corrected chi connectivity index (χ0v) is 20.3. The number of Topliss-reactive ketones (excluding diaryl/α,β-unsaturated/α-hetero) is 1.